The Balaban J connectivity index is 3.47. The first-order chi connectivity index (χ1) is 6.49. The minimum Gasteiger partial charge on any atom is -0.282 e. The summed E-state index contributed by atoms with van der Waals surface area (Å²) in [6, 6.07) is 3.23. The van der Waals surface area contributed by atoms with E-state index in [-0.39, 0.29) is 16.3 Å². The second-order valence-electron chi connectivity index (χ2n) is 2.35. The maximum Gasteiger partial charge on any atom is 0.293 e. The molecule has 0 saturated heterocycles. The van der Waals surface area contributed by atoms with Gasteiger partial charge in [0.05, 0.1) is 18.0 Å². The van der Waals surface area contributed by atoms with Gasteiger partial charge >= 0.3 is 0 Å². The maximum atomic E-state index is 10.7. The molecule has 0 aliphatic carbocycles. The van der Waals surface area contributed by atoms with Gasteiger partial charge in [-0.25, -0.2) is 0 Å². The van der Waals surface area contributed by atoms with Crippen molar-refractivity contribution in [3.05, 3.63) is 41.0 Å². The highest BCUT2D eigenvalue weighted by Gasteiger charge is 2.12. The van der Waals surface area contributed by atoms with E-state index in [1.54, 1.807) is 0 Å². The van der Waals surface area contributed by atoms with Gasteiger partial charge in [-0.05, 0) is 6.07 Å². The van der Waals surface area contributed by atoms with E-state index < -0.39 is 10.1 Å². The van der Waals surface area contributed by atoms with E-state index in [0.29, 0.717) is 0 Å². The van der Waals surface area contributed by atoms with Gasteiger partial charge in [-0.1, -0.05) is 12.1 Å². The third-order valence-electron chi connectivity index (χ3n) is 1.49. The third-order valence-corrected chi connectivity index (χ3v) is 2.34. The highest BCUT2D eigenvalue weighted by atomic mass is 32.2. The van der Waals surface area contributed by atoms with Crippen LogP contribution in [-0.4, -0.2) is 13.0 Å². The molecule has 0 spiro atoms. The Morgan fingerprint density at radius 1 is 1.14 bits per heavy atom. The Labute approximate surface area is 81.0 Å². The van der Waals surface area contributed by atoms with E-state index in [1.165, 1.54) is 6.07 Å². The van der Waals surface area contributed by atoms with E-state index in [9.17, 15) is 8.42 Å². The summed E-state index contributed by atoms with van der Waals surface area (Å²) in [6.07, 6.45) is 0. The number of nitrogens with zero attached hydrogens (tertiary/aromatic N) is 2. The van der Waals surface area contributed by atoms with Crippen LogP contribution in [0.2, 0.25) is 0 Å². The topological polar surface area (TPSA) is 63.1 Å². The Morgan fingerprint density at radius 3 is 2.14 bits per heavy atom. The van der Waals surface area contributed by atoms with Crippen LogP contribution in [-0.2, 0) is 10.1 Å². The molecular formula is C8H4N2O3S. The number of rotatable bonds is 1. The van der Waals surface area contributed by atoms with E-state index in [4.69, 9.17) is 17.7 Å². The molecule has 0 aliphatic heterocycles. The predicted octanol–water partition coefficient (Wildman–Crippen LogP) is 2.03. The van der Waals surface area contributed by atoms with Gasteiger partial charge in [-0.2, -0.15) is 8.42 Å². The zero-order chi connectivity index (χ0) is 10.8. The largest absolute Gasteiger partial charge is 0.293 e. The van der Waals surface area contributed by atoms with Crippen molar-refractivity contribution in [2.75, 3.05) is 0 Å². The summed E-state index contributed by atoms with van der Waals surface area (Å²) in [5.74, 6) is 0. The van der Waals surface area contributed by atoms with Crippen LogP contribution < -0.4 is 0 Å². The summed E-state index contributed by atoms with van der Waals surface area (Å²) in [6.45, 7) is 13.4. The average molecular weight is 208 g/mol. The molecule has 0 unspecified atom stereocenters. The molecule has 70 valence electrons. The lowest BCUT2D eigenvalue weighted by Gasteiger charge is -1.98. The Bertz CT molecular complexity index is 549. The average Bonchev–Trinajstić information content (AvgIpc) is 2.15. The van der Waals surface area contributed by atoms with Crippen LogP contribution in [0, 0.1) is 13.1 Å². The molecule has 0 heterocycles. The predicted molar refractivity (Wildman–Crippen MR) is 48.8 cm³/mol. The van der Waals surface area contributed by atoms with Gasteiger partial charge in [0.25, 0.3) is 10.1 Å². The highest BCUT2D eigenvalue weighted by Crippen LogP contribution is 2.30. The Morgan fingerprint density at radius 2 is 1.71 bits per heavy atom. The first-order valence-corrected chi connectivity index (χ1v) is 4.79. The van der Waals surface area contributed by atoms with Crippen LogP contribution in [0.25, 0.3) is 9.69 Å². The second kappa shape index (κ2) is 3.46. The van der Waals surface area contributed by atoms with Crippen molar-refractivity contribution in [3.8, 4) is 0 Å². The molecule has 0 atom stereocenters. The van der Waals surface area contributed by atoms with E-state index in [1.807, 2.05) is 0 Å². The molecule has 0 bridgehead atoms. The fourth-order valence-electron chi connectivity index (χ4n) is 0.848. The van der Waals surface area contributed by atoms with E-state index >= 15 is 0 Å². The van der Waals surface area contributed by atoms with Crippen molar-refractivity contribution in [3.63, 3.8) is 0 Å². The van der Waals surface area contributed by atoms with Gasteiger partial charge in [-0.15, -0.1) is 0 Å². The van der Waals surface area contributed by atoms with E-state index in [0.717, 1.165) is 12.1 Å². The fraction of sp³-hybridized carbons (Fsp3) is 0. The van der Waals surface area contributed by atoms with Gasteiger partial charge in [0, 0.05) is 0 Å². The molecule has 0 amide bonds. The normalized spacial score (nSPS) is 10.2. The fourth-order valence-corrected chi connectivity index (χ4v) is 1.35. The summed E-state index contributed by atoms with van der Waals surface area (Å²) < 4.78 is 30.0. The second-order valence-corrected chi connectivity index (χ2v) is 3.77. The first-order valence-electron chi connectivity index (χ1n) is 3.35. The van der Waals surface area contributed by atoms with Gasteiger partial charge in [0.15, 0.2) is 11.4 Å². The van der Waals surface area contributed by atoms with Crippen LogP contribution in [0.4, 0.5) is 11.4 Å². The van der Waals surface area contributed by atoms with E-state index in [2.05, 4.69) is 9.69 Å². The number of hydrogen-bond donors (Lipinski definition) is 1. The lowest BCUT2D eigenvalue weighted by molar-refractivity contribution is 0.483. The highest BCUT2D eigenvalue weighted by molar-refractivity contribution is 7.85. The molecule has 1 N–H and O–H groups in total. The van der Waals surface area contributed by atoms with Crippen LogP contribution in [0.3, 0.4) is 0 Å². The van der Waals surface area contributed by atoms with Crippen LogP contribution in [0.5, 0.6) is 0 Å². The lowest BCUT2D eigenvalue weighted by atomic mass is 10.3. The smallest absolute Gasteiger partial charge is 0.282 e. The van der Waals surface area contributed by atoms with Gasteiger partial charge in [0.2, 0.25) is 0 Å². The van der Waals surface area contributed by atoms with Crippen LogP contribution in [0.1, 0.15) is 0 Å². The third kappa shape index (κ3) is 1.88. The van der Waals surface area contributed by atoms with Crippen molar-refractivity contribution >= 4 is 21.5 Å². The van der Waals surface area contributed by atoms with Crippen molar-refractivity contribution in [1.29, 1.82) is 0 Å². The summed E-state index contributed by atoms with van der Waals surface area (Å²) in [5.41, 5.74) is -0.0254. The molecule has 0 saturated carbocycles. The van der Waals surface area contributed by atoms with Crippen LogP contribution in [0.15, 0.2) is 23.1 Å². The Hall–Kier alpha value is -1.89. The summed E-state index contributed by atoms with van der Waals surface area (Å²) in [7, 11) is -4.31. The van der Waals surface area contributed by atoms with Gasteiger partial charge in [0.1, 0.15) is 0 Å². The number of benzene rings is 1. The lowest BCUT2D eigenvalue weighted by Crippen LogP contribution is -1.96. The molecule has 0 aromatic heterocycles. The molecule has 14 heavy (non-hydrogen) atoms. The summed E-state index contributed by atoms with van der Waals surface area (Å²) in [5, 5.41) is 0. The standard InChI is InChI=1S/C8H4N2O3S/c1-9-7-4-3-6(14(11,12)13)5-8(7)10-2/h3-5H,(H,11,12,13). The molecule has 1 aromatic rings. The summed E-state index contributed by atoms with van der Waals surface area (Å²) in [4.78, 5) is 5.62. The molecule has 1 rings (SSSR count). The van der Waals surface area contributed by atoms with Gasteiger partial charge in [-0.3, -0.25) is 14.2 Å². The zero-order valence-corrected chi connectivity index (χ0v) is 7.61. The minimum atomic E-state index is -4.31. The minimum absolute atomic E-state index is 0.0624. The zero-order valence-electron chi connectivity index (χ0n) is 6.80. The molecule has 1 aromatic carbocycles. The van der Waals surface area contributed by atoms with Gasteiger partial charge < -0.3 is 0 Å². The maximum absolute atomic E-state index is 10.7. The molecule has 6 heteroatoms. The number of hydrogen-bond acceptors (Lipinski definition) is 2. The Kier molecular flexibility index (Phi) is 2.52. The molecule has 5 nitrogen and oxygen atoms in total. The molecule has 0 fully saturated rings. The van der Waals surface area contributed by atoms with Crippen LogP contribution >= 0.6 is 0 Å². The van der Waals surface area contributed by atoms with Crippen molar-refractivity contribution in [2.45, 2.75) is 4.90 Å². The molecule has 0 radical (unpaired) electrons. The quantitative estimate of drug-likeness (QED) is 0.567. The molecular weight excluding hydrogens is 204 g/mol. The van der Waals surface area contributed by atoms with Crippen molar-refractivity contribution < 1.29 is 13.0 Å². The molecule has 0 aliphatic rings. The monoisotopic (exact) mass is 208 g/mol. The first kappa shape index (κ1) is 10.2. The van der Waals surface area contributed by atoms with Crippen molar-refractivity contribution in [1.82, 2.24) is 0 Å². The summed E-state index contributed by atoms with van der Waals surface area (Å²) >= 11 is 0. The van der Waals surface area contributed by atoms with Crippen molar-refractivity contribution in [2.24, 2.45) is 0 Å². The SMILES string of the molecule is [C-]#[N+]c1ccc(S(=O)(=O)O)cc1[N+]#[C-].